The summed E-state index contributed by atoms with van der Waals surface area (Å²) >= 11 is 0. The van der Waals surface area contributed by atoms with Crippen LogP contribution in [0.15, 0.2) is 24.3 Å². The molecule has 1 aliphatic rings. The van der Waals surface area contributed by atoms with E-state index >= 15 is 0 Å². The third kappa shape index (κ3) is 3.60. The zero-order valence-corrected chi connectivity index (χ0v) is 16.2. The molecule has 1 aromatic heterocycles. The van der Waals surface area contributed by atoms with Gasteiger partial charge in [-0.15, -0.1) is 0 Å². The van der Waals surface area contributed by atoms with Crippen LogP contribution in [0.5, 0.6) is 5.75 Å². The summed E-state index contributed by atoms with van der Waals surface area (Å²) in [6.07, 6.45) is 0. The highest BCUT2D eigenvalue weighted by Gasteiger charge is 2.26. The summed E-state index contributed by atoms with van der Waals surface area (Å²) in [7, 11) is 1.70. The maximum atomic E-state index is 13.0. The summed E-state index contributed by atoms with van der Waals surface area (Å²) in [5.74, 6) is 1.03. The fourth-order valence-corrected chi connectivity index (χ4v) is 3.66. The van der Waals surface area contributed by atoms with Crippen LogP contribution < -0.4 is 4.74 Å². The molecule has 1 aromatic carbocycles. The number of ether oxygens (including phenoxy) is 1. The van der Waals surface area contributed by atoms with Gasteiger partial charge >= 0.3 is 0 Å². The van der Waals surface area contributed by atoms with Crippen molar-refractivity contribution >= 4 is 5.91 Å². The number of aryl methyl sites for hydroxylation is 2. The normalized spacial score (nSPS) is 15.3. The van der Waals surface area contributed by atoms with E-state index in [0.29, 0.717) is 0 Å². The SMILES string of the molecule is CCn1nc(C)c(C(=O)N2CCN(Cc3ccccc3OC)CC2)c1C. The first-order valence-corrected chi connectivity index (χ1v) is 9.22. The van der Waals surface area contributed by atoms with Crippen LogP contribution in [0.25, 0.3) is 0 Å². The van der Waals surface area contributed by atoms with Gasteiger partial charge in [0, 0.05) is 50.5 Å². The smallest absolute Gasteiger partial charge is 0.257 e. The number of carbonyl (C=O) groups excluding carboxylic acids is 1. The third-order valence-corrected chi connectivity index (χ3v) is 5.14. The lowest BCUT2D eigenvalue weighted by molar-refractivity contribution is 0.0626. The van der Waals surface area contributed by atoms with Gasteiger partial charge in [0.15, 0.2) is 0 Å². The number of benzene rings is 1. The van der Waals surface area contributed by atoms with Gasteiger partial charge in [-0.25, -0.2) is 0 Å². The fourth-order valence-electron chi connectivity index (χ4n) is 3.66. The highest BCUT2D eigenvalue weighted by Crippen LogP contribution is 2.21. The number of piperazine rings is 1. The van der Waals surface area contributed by atoms with E-state index in [4.69, 9.17) is 4.74 Å². The summed E-state index contributed by atoms with van der Waals surface area (Å²) in [4.78, 5) is 17.3. The number of amides is 1. The molecule has 0 spiro atoms. The van der Waals surface area contributed by atoms with Crippen molar-refractivity contribution in [2.45, 2.75) is 33.9 Å². The maximum Gasteiger partial charge on any atom is 0.257 e. The molecule has 0 atom stereocenters. The van der Waals surface area contributed by atoms with Gasteiger partial charge in [0.1, 0.15) is 5.75 Å². The molecule has 3 rings (SSSR count). The van der Waals surface area contributed by atoms with E-state index in [2.05, 4.69) is 16.1 Å². The molecule has 1 fully saturated rings. The van der Waals surface area contributed by atoms with Gasteiger partial charge in [-0.1, -0.05) is 18.2 Å². The second kappa shape index (κ2) is 7.91. The Morgan fingerprint density at radius 1 is 1.15 bits per heavy atom. The number of rotatable bonds is 5. The van der Waals surface area contributed by atoms with Crippen LogP contribution in [-0.2, 0) is 13.1 Å². The Balaban J connectivity index is 1.63. The molecule has 0 aliphatic carbocycles. The number of hydrogen-bond donors (Lipinski definition) is 0. The zero-order valence-electron chi connectivity index (χ0n) is 16.2. The summed E-state index contributed by atoms with van der Waals surface area (Å²) in [5, 5.41) is 4.48. The van der Waals surface area contributed by atoms with Gasteiger partial charge in [0.05, 0.1) is 18.4 Å². The van der Waals surface area contributed by atoms with Gasteiger partial charge in [-0.05, 0) is 26.8 Å². The average molecular weight is 356 g/mol. The molecule has 0 bridgehead atoms. The molecule has 0 radical (unpaired) electrons. The Morgan fingerprint density at radius 3 is 2.46 bits per heavy atom. The molecule has 2 heterocycles. The predicted octanol–water partition coefficient (Wildman–Crippen LogP) is 2.49. The van der Waals surface area contributed by atoms with E-state index in [1.54, 1.807) is 7.11 Å². The fraction of sp³-hybridized carbons (Fsp3) is 0.500. The standard InChI is InChI=1S/C20H28N4O2/c1-5-24-16(3)19(15(2)21-24)20(25)23-12-10-22(11-13-23)14-17-8-6-7-9-18(17)26-4/h6-9H,5,10-14H2,1-4H3. The summed E-state index contributed by atoms with van der Waals surface area (Å²) in [5.41, 5.74) is 3.74. The van der Waals surface area contributed by atoms with Gasteiger partial charge < -0.3 is 9.64 Å². The minimum Gasteiger partial charge on any atom is -0.496 e. The lowest BCUT2D eigenvalue weighted by Gasteiger charge is -2.35. The van der Waals surface area contributed by atoms with Crippen LogP contribution >= 0.6 is 0 Å². The van der Waals surface area contributed by atoms with E-state index in [-0.39, 0.29) is 5.91 Å². The van der Waals surface area contributed by atoms with Crippen molar-refractivity contribution in [3.8, 4) is 5.75 Å². The Labute approximate surface area is 155 Å². The van der Waals surface area contributed by atoms with Gasteiger partial charge in [-0.3, -0.25) is 14.4 Å². The molecule has 6 nitrogen and oxygen atoms in total. The van der Waals surface area contributed by atoms with Crippen molar-refractivity contribution in [3.63, 3.8) is 0 Å². The van der Waals surface area contributed by atoms with E-state index in [9.17, 15) is 4.79 Å². The molecule has 1 aliphatic heterocycles. The highest BCUT2D eigenvalue weighted by atomic mass is 16.5. The Morgan fingerprint density at radius 2 is 1.85 bits per heavy atom. The number of hydrogen-bond acceptors (Lipinski definition) is 4. The predicted molar refractivity (Wildman–Crippen MR) is 102 cm³/mol. The lowest BCUT2D eigenvalue weighted by Crippen LogP contribution is -2.48. The monoisotopic (exact) mass is 356 g/mol. The molecule has 1 amide bonds. The first-order chi connectivity index (χ1) is 12.5. The first-order valence-electron chi connectivity index (χ1n) is 9.22. The maximum absolute atomic E-state index is 13.0. The van der Waals surface area contributed by atoms with Gasteiger partial charge in [0.25, 0.3) is 5.91 Å². The largest absolute Gasteiger partial charge is 0.496 e. The van der Waals surface area contributed by atoms with Gasteiger partial charge in [-0.2, -0.15) is 5.10 Å². The molecule has 140 valence electrons. The molecular weight excluding hydrogens is 328 g/mol. The minimum absolute atomic E-state index is 0.108. The topological polar surface area (TPSA) is 50.6 Å². The van der Waals surface area contributed by atoms with E-state index in [1.165, 1.54) is 5.56 Å². The highest BCUT2D eigenvalue weighted by molar-refractivity contribution is 5.96. The quantitative estimate of drug-likeness (QED) is 0.826. The van der Waals surface area contributed by atoms with E-state index in [1.807, 2.05) is 48.6 Å². The summed E-state index contributed by atoms with van der Waals surface area (Å²) in [6.45, 7) is 10.8. The number of carbonyl (C=O) groups is 1. The van der Waals surface area contributed by atoms with Crippen molar-refractivity contribution in [1.29, 1.82) is 0 Å². The molecule has 6 heteroatoms. The summed E-state index contributed by atoms with van der Waals surface area (Å²) in [6, 6.07) is 8.11. The minimum atomic E-state index is 0.108. The lowest BCUT2D eigenvalue weighted by atomic mass is 10.1. The van der Waals surface area contributed by atoms with Crippen LogP contribution in [0.4, 0.5) is 0 Å². The zero-order chi connectivity index (χ0) is 18.7. The average Bonchev–Trinajstić information content (AvgIpc) is 2.95. The molecule has 2 aromatic rings. The second-order valence-corrected chi connectivity index (χ2v) is 6.74. The molecule has 0 N–H and O–H groups in total. The Kier molecular flexibility index (Phi) is 5.61. The number of aromatic nitrogens is 2. The molecular formula is C20H28N4O2. The van der Waals surface area contributed by atoms with Crippen LogP contribution in [0.1, 0.15) is 34.2 Å². The molecule has 0 unspecified atom stereocenters. The first kappa shape index (κ1) is 18.5. The molecule has 26 heavy (non-hydrogen) atoms. The Bertz CT molecular complexity index is 776. The van der Waals surface area contributed by atoms with Gasteiger partial charge in [0.2, 0.25) is 0 Å². The molecule has 0 saturated carbocycles. The number of nitrogens with zero attached hydrogens (tertiary/aromatic N) is 4. The number of methoxy groups -OCH3 is 1. The van der Waals surface area contributed by atoms with Crippen molar-refractivity contribution in [2.75, 3.05) is 33.3 Å². The van der Waals surface area contributed by atoms with Crippen molar-refractivity contribution < 1.29 is 9.53 Å². The Hall–Kier alpha value is -2.34. The van der Waals surface area contributed by atoms with Crippen molar-refractivity contribution in [1.82, 2.24) is 19.6 Å². The van der Waals surface area contributed by atoms with E-state index < -0.39 is 0 Å². The molecule has 1 saturated heterocycles. The van der Waals surface area contributed by atoms with E-state index in [0.717, 1.165) is 62.0 Å². The van der Waals surface area contributed by atoms with Crippen LogP contribution in [-0.4, -0.2) is 58.8 Å². The van der Waals surface area contributed by atoms with Crippen LogP contribution in [0.2, 0.25) is 0 Å². The third-order valence-electron chi connectivity index (χ3n) is 5.14. The van der Waals surface area contributed by atoms with Crippen LogP contribution in [0, 0.1) is 13.8 Å². The second-order valence-electron chi connectivity index (χ2n) is 6.74. The van der Waals surface area contributed by atoms with Crippen LogP contribution in [0.3, 0.4) is 0 Å². The van der Waals surface area contributed by atoms with Crippen molar-refractivity contribution in [3.05, 3.63) is 46.8 Å². The van der Waals surface area contributed by atoms with Crippen molar-refractivity contribution in [2.24, 2.45) is 0 Å². The summed E-state index contributed by atoms with van der Waals surface area (Å²) < 4.78 is 7.35. The number of para-hydroxylation sites is 1.